The summed E-state index contributed by atoms with van der Waals surface area (Å²) in [5.74, 6) is -0.458. The Morgan fingerprint density at radius 1 is 1.29 bits per heavy atom. The van der Waals surface area contributed by atoms with Crippen LogP contribution in [0.2, 0.25) is 0 Å². The third-order valence-electron chi connectivity index (χ3n) is 3.64. The van der Waals surface area contributed by atoms with Crippen LogP contribution in [-0.2, 0) is 4.79 Å². The van der Waals surface area contributed by atoms with Gasteiger partial charge in [0.05, 0.1) is 19.2 Å². The summed E-state index contributed by atoms with van der Waals surface area (Å²) < 4.78 is 5.12. The van der Waals surface area contributed by atoms with Crippen LogP contribution in [0.5, 0.6) is 5.75 Å². The third kappa shape index (κ3) is 4.13. The molecule has 1 amide bonds. The molecule has 24 heavy (non-hydrogen) atoms. The maximum Gasteiger partial charge on any atom is 0.305 e. The van der Waals surface area contributed by atoms with Crippen molar-refractivity contribution in [2.24, 2.45) is 0 Å². The number of carboxylic acid groups (broad SMARTS) is 1. The van der Waals surface area contributed by atoms with Gasteiger partial charge in [0.1, 0.15) is 11.4 Å². The number of carbonyl (C=O) groups is 2. The summed E-state index contributed by atoms with van der Waals surface area (Å²) in [4.78, 5) is 24.9. The number of aliphatic carboxylic acids is 1. The van der Waals surface area contributed by atoms with Crippen LogP contribution in [0.3, 0.4) is 0 Å². The van der Waals surface area contributed by atoms with Crippen LogP contribution >= 0.6 is 0 Å². The van der Waals surface area contributed by atoms with Crippen molar-refractivity contribution < 1.29 is 19.4 Å². The minimum absolute atomic E-state index is 0.0939. The number of aromatic nitrogens is 2. The number of hydrogen-bond acceptors (Lipinski definition) is 4. The number of ether oxygens (including phenoxy) is 1. The van der Waals surface area contributed by atoms with Gasteiger partial charge in [-0.05, 0) is 44.2 Å². The van der Waals surface area contributed by atoms with Crippen molar-refractivity contribution in [1.82, 2.24) is 15.1 Å². The number of benzene rings is 1. The summed E-state index contributed by atoms with van der Waals surface area (Å²) >= 11 is 0. The van der Waals surface area contributed by atoms with Crippen molar-refractivity contribution >= 4 is 11.9 Å². The normalized spacial score (nSPS) is 10.7. The molecule has 128 valence electrons. The van der Waals surface area contributed by atoms with Gasteiger partial charge in [-0.25, -0.2) is 0 Å². The molecule has 1 heterocycles. The topological polar surface area (TPSA) is 95.5 Å². The summed E-state index contributed by atoms with van der Waals surface area (Å²) in [5.41, 5.74) is 1.83. The highest BCUT2D eigenvalue weighted by molar-refractivity contribution is 5.93. The number of carboxylic acids is 1. The predicted octanol–water partition coefficient (Wildman–Crippen LogP) is 2.41. The maximum absolute atomic E-state index is 12.6. The van der Waals surface area contributed by atoms with E-state index in [1.807, 2.05) is 38.1 Å². The largest absolute Gasteiger partial charge is 0.497 e. The molecule has 0 saturated heterocycles. The van der Waals surface area contributed by atoms with E-state index in [1.165, 1.54) is 4.90 Å². The Labute approximate surface area is 140 Å². The van der Waals surface area contributed by atoms with Crippen LogP contribution < -0.4 is 4.74 Å². The van der Waals surface area contributed by atoms with Crippen molar-refractivity contribution in [1.29, 1.82) is 0 Å². The van der Waals surface area contributed by atoms with Crippen LogP contribution in [0.4, 0.5) is 0 Å². The van der Waals surface area contributed by atoms with E-state index in [0.717, 1.165) is 11.3 Å². The Morgan fingerprint density at radius 2 is 1.96 bits per heavy atom. The standard InChI is InChI=1S/C17H21N3O4/c1-11(2)20(9-8-16(21)22)17(23)15-10-14(18-19-15)12-4-6-13(24-3)7-5-12/h4-7,10-11H,8-9H2,1-3H3,(H,18,19)(H,21,22). The lowest BCUT2D eigenvalue weighted by Crippen LogP contribution is -2.38. The molecule has 1 aromatic heterocycles. The van der Waals surface area contributed by atoms with Crippen LogP contribution in [0.25, 0.3) is 11.3 Å². The van der Waals surface area contributed by atoms with Crippen LogP contribution in [0.15, 0.2) is 30.3 Å². The zero-order valence-corrected chi connectivity index (χ0v) is 13.9. The van der Waals surface area contributed by atoms with Gasteiger partial charge >= 0.3 is 5.97 Å². The van der Waals surface area contributed by atoms with Gasteiger partial charge in [0.15, 0.2) is 0 Å². The summed E-state index contributed by atoms with van der Waals surface area (Å²) in [6, 6.07) is 8.91. The monoisotopic (exact) mass is 331 g/mol. The average molecular weight is 331 g/mol. The molecular weight excluding hydrogens is 310 g/mol. The summed E-state index contributed by atoms with van der Waals surface area (Å²) in [6.45, 7) is 3.85. The first kappa shape index (κ1) is 17.5. The number of hydrogen-bond donors (Lipinski definition) is 2. The van der Waals surface area contributed by atoms with Crippen molar-refractivity contribution in [3.05, 3.63) is 36.0 Å². The number of nitrogens with one attached hydrogen (secondary N) is 1. The molecule has 1 aromatic carbocycles. The molecule has 0 aliphatic rings. The summed E-state index contributed by atoms with van der Waals surface area (Å²) in [7, 11) is 1.60. The van der Waals surface area contributed by atoms with Gasteiger partial charge in [-0.2, -0.15) is 5.10 Å². The van der Waals surface area contributed by atoms with E-state index in [-0.39, 0.29) is 24.9 Å². The van der Waals surface area contributed by atoms with Gasteiger partial charge in [-0.15, -0.1) is 0 Å². The van der Waals surface area contributed by atoms with Gasteiger partial charge in [-0.1, -0.05) is 0 Å². The van der Waals surface area contributed by atoms with Gasteiger partial charge in [0.25, 0.3) is 5.91 Å². The number of H-pyrrole nitrogens is 1. The molecule has 0 unspecified atom stereocenters. The summed E-state index contributed by atoms with van der Waals surface area (Å²) in [6.07, 6.45) is -0.0939. The Morgan fingerprint density at radius 3 is 2.50 bits per heavy atom. The first-order chi connectivity index (χ1) is 11.4. The predicted molar refractivity (Wildman–Crippen MR) is 89.0 cm³/mol. The second kappa shape index (κ2) is 7.63. The lowest BCUT2D eigenvalue weighted by atomic mass is 10.1. The van der Waals surface area contributed by atoms with Crippen molar-refractivity contribution in [2.75, 3.05) is 13.7 Å². The molecule has 0 aliphatic carbocycles. The van der Waals surface area contributed by atoms with E-state index in [1.54, 1.807) is 13.2 Å². The number of methoxy groups -OCH3 is 1. The average Bonchev–Trinajstić information content (AvgIpc) is 3.04. The van der Waals surface area contributed by atoms with Crippen LogP contribution in [-0.4, -0.2) is 51.8 Å². The molecule has 0 saturated carbocycles. The molecular formula is C17H21N3O4. The van der Waals surface area contributed by atoms with Crippen molar-refractivity contribution in [3.8, 4) is 17.0 Å². The van der Waals surface area contributed by atoms with Gasteiger partial charge in [-0.3, -0.25) is 14.7 Å². The number of rotatable bonds is 7. The zero-order chi connectivity index (χ0) is 17.7. The van der Waals surface area contributed by atoms with Gasteiger partial charge in [0, 0.05) is 18.2 Å². The molecule has 0 atom stereocenters. The van der Waals surface area contributed by atoms with E-state index >= 15 is 0 Å². The van der Waals surface area contributed by atoms with Gasteiger partial charge in [0.2, 0.25) is 0 Å². The molecule has 0 bridgehead atoms. The third-order valence-corrected chi connectivity index (χ3v) is 3.64. The SMILES string of the molecule is COc1ccc(-c2cc(C(=O)N(CCC(=O)O)C(C)C)[nH]n2)cc1. The van der Waals surface area contributed by atoms with Crippen molar-refractivity contribution in [3.63, 3.8) is 0 Å². The molecule has 7 heteroatoms. The van der Waals surface area contributed by atoms with E-state index < -0.39 is 5.97 Å². The first-order valence-electron chi connectivity index (χ1n) is 7.65. The zero-order valence-electron chi connectivity index (χ0n) is 13.9. The van der Waals surface area contributed by atoms with E-state index in [4.69, 9.17) is 9.84 Å². The lowest BCUT2D eigenvalue weighted by Gasteiger charge is -2.25. The highest BCUT2D eigenvalue weighted by Gasteiger charge is 2.21. The van der Waals surface area contributed by atoms with E-state index in [2.05, 4.69) is 10.2 Å². The molecule has 2 N–H and O–H groups in total. The molecule has 0 radical (unpaired) electrons. The van der Waals surface area contributed by atoms with E-state index in [0.29, 0.717) is 11.4 Å². The second-order valence-electron chi connectivity index (χ2n) is 5.63. The van der Waals surface area contributed by atoms with Crippen LogP contribution in [0.1, 0.15) is 30.8 Å². The molecule has 0 spiro atoms. The lowest BCUT2D eigenvalue weighted by molar-refractivity contribution is -0.137. The Hall–Kier alpha value is -2.83. The first-order valence-corrected chi connectivity index (χ1v) is 7.65. The fraction of sp³-hybridized carbons (Fsp3) is 0.353. The van der Waals surface area contributed by atoms with Gasteiger partial charge < -0.3 is 14.7 Å². The maximum atomic E-state index is 12.6. The molecule has 0 aliphatic heterocycles. The summed E-state index contributed by atoms with van der Waals surface area (Å²) in [5, 5.41) is 15.7. The molecule has 7 nitrogen and oxygen atoms in total. The Balaban J connectivity index is 2.17. The second-order valence-corrected chi connectivity index (χ2v) is 5.63. The molecule has 0 fully saturated rings. The number of amides is 1. The smallest absolute Gasteiger partial charge is 0.305 e. The Kier molecular flexibility index (Phi) is 5.57. The fourth-order valence-electron chi connectivity index (χ4n) is 2.31. The molecule has 2 rings (SSSR count). The minimum atomic E-state index is -0.933. The quantitative estimate of drug-likeness (QED) is 0.812. The number of aromatic amines is 1. The fourth-order valence-corrected chi connectivity index (χ4v) is 2.31. The Bertz CT molecular complexity index is 707. The number of carbonyl (C=O) groups excluding carboxylic acids is 1. The molecule has 2 aromatic rings. The van der Waals surface area contributed by atoms with Crippen LogP contribution in [0, 0.1) is 0 Å². The number of nitrogens with zero attached hydrogens (tertiary/aromatic N) is 2. The van der Waals surface area contributed by atoms with E-state index in [9.17, 15) is 9.59 Å². The van der Waals surface area contributed by atoms with Crippen molar-refractivity contribution in [2.45, 2.75) is 26.3 Å². The highest BCUT2D eigenvalue weighted by Crippen LogP contribution is 2.21. The highest BCUT2D eigenvalue weighted by atomic mass is 16.5. The minimum Gasteiger partial charge on any atom is -0.497 e.